The fourth-order valence-corrected chi connectivity index (χ4v) is 2.72. The number of ether oxygens (including phenoxy) is 3. The van der Waals surface area contributed by atoms with E-state index in [1.807, 2.05) is 49.4 Å². The van der Waals surface area contributed by atoms with E-state index in [1.165, 1.54) is 0 Å². The number of benzene rings is 2. The zero-order valence-corrected chi connectivity index (χ0v) is 14.5. The maximum absolute atomic E-state index is 12.5. The van der Waals surface area contributed by atoms with Crippen LogP contribution in [0.1, 0.15) is 18.1 Å². The van der Waals surface area contributed by atoms with Gasteiger partial charge in [0.2, 0.25) is 6.79 Å². The Hall–Kier alpha value is -2.89. The maximum atomic E-state index is 12.5. The van der Waals surface area contributed by atoms with Gasteiger partial charge in [-0.2, -0.15) is 0 Å². The van der Waals surface area contributed by atoms with Crippen LogP contribution in [0.25, 0.3) is 0 Å². The standard InChI is InChI=1S/C19H22N2O4/c1-3-21(12-14-8-9-17-18(10-14)25-13-24-17)19(22)20-11-15-6-4-5-7-16(15)23-2/h4-10H,3,11-13H2,1-2H3,(H,20,22). The molecular weight excluding hydrogens is 320 g/mol. The normalized spacial score (nSPS) is 11.9. The third-order valence-corrected chi connectivity index (χ3v) is 4.10. The summed E-state index contributed by atoms with van der Waals surface area (Å²) in [5.41, 5.74) is 1.94. The Kier molecular flexibility index (Phi) is 5.28. The predicted molar refractivity (Wildman–Crippen MR) is 93.9 cm³/mol. The van der Waals surface area contributed by atoms with Crippen molar-refractivity contribution in [1.29, 1.82) is 0 Å². The lowest BCUT2D eigenvalue weighted by atomic mass is 10.2. The highest BCUT2D eigenvalue weighted by Crippen LogP contribution is 2.32. The quantitative estimate of drug-likeness (QED) is 0.876. The van der Waals surface area contributed by atoms with Crippen molar-refractivity contribution < 1.29 is 19.0 Å². The molecule has 132 valence electrons. The first-order valence-electron chi connectivity index (χ1n) is 8.24. The van der Waals surface area contributed by atoms with Gasteiger partial charge in [0.15, 0.2) is 11.5 Å². The molecule has 0 unspecified atom stereocenters. The summed E-state index contributed by atoms with van der Waals surface area (Å²) in [5.74, 6) is 2.23. The van der Waals surface area contributed by atoms with E-state index >= 15 is 0 Å². The molecule has 6 heteroatoms. The van der Waals surface area contributed by atoms with Crippen molar-refractivity contribution in [2.75, 3.05) is 20.4 Å². The number of para-hydroxylation sites is 1. The second-order valence-electron chi connectivity index (χ2n) is 5.67. The number of methoxy groups -OCH3 is 1. The van der Waals surface area contributed by atoms with Gasteiger partial charge in [-0.05, 0) is 30.7 Å². The number of carbonyl (C=O) groups excluding carboxylic acids is 1. The van der Waals surface area contributed by atoms with Crippen molar-refractivity contribution in [2.45, 2.75) is 20.0 Å². The molecule has 0 spiro atoms. The fraction of sp³-hybridized carbons (Fsp3) is 0.316. The van der Waals surface area contributed by atoms with Gasteiger partial charge in [-0.25, -0.2) is 4.79 Å². The number of hydrogen-bond acceptors (Lipinski definition) is 4. The average molecular weight is 342 g/mol. The predicted octanol–water partition coefficient (Wildman–Crippen LogP) is 3.16. The van der Waals surface area contributed by atoms with Crippen molar-refractivity contribution in [3.8, 4) is 17.2 Å². The van der Waals surface area contributed by atoms with Crippen LogP contribution in [0.15, 0.2) is 42.5 Å². The van der Waals surface area contributed by atoms with Crippen LogP contribution in [0, 0.1) is 0 Å². The number of nitrogens with one attached hydrogen (secondary N) is 1. The summed E-state index contributed by atoms with van der Waals surface area (Å²) in [6.07, 6.45) is 0. The third-order valence-electron chi connectivity index (χ3n) is 4.10. The number of hydrogen-bond donors (Lipinski definition) is 1. The molecule has 2 aromatic carbocycles. The Morgan fingerprint density at radius 1 is 1.20 bits per heavy atom. The largest absolute Gasteiger partial charge is 0.496 e. The Morgan fingerprint density at radius 3 is 2.80 bits per heavy atom. The lowest BCUT2D eigenvalue weighted by Gasteiger charge is -2.22. The van der Waals surface area contributed by atoms with Gasteiger partial charge in [0, 0.05) is 25.2 Å². The first-order valence-corrected chi connectivity index (χ1v) is 8.24. The molecule has 0 aromatic heterocycles. The lowest BCUT2D eigenvalue weighted by molar-refractivity contribution is 0.173. The molecule has 2 aromatic rings. The minimum absolute atomic E-state index is 0.119. The number of rotatable bonds is 6. The molecule has 6 nitrogen and oxygen atoms in total. The van der Waals surface area contributed by atoms with E-state index in [9.17, 15) is 4.79 Å². The molecule has 0 saturated heterocycles. The van der Waals surface area contributed by atoms with Crippen LogP contribution in [0.5, 0.6) is 17.2 Å². The van der Waals surface area contributed by atoms with Crippen molar-refractivity contribution in [1.82, 2.24) is 10.2 Å². The molecule has 0 radical (unpaired) electrons. The van der Waals surface area contributed by atoms with Crippen LogP contribution in [0.3, 0.4) is 0 Å². The molecule has 3 rings (SSSR count). The summed E-state index contributed by atoms with van der Waals surface area (Å²) in [7, 11) is 1.62. The molecule has 0 aliphatic carbocycles. The molecule has 0 bridgehead atoms. The number of nitrogens with zero attached hydrogens (tertiary/aromatic N) is 1. The Morgan fingerprint density at radius 2 is 2.00 bits per heavy atom. The van der Waals surface area contributed by atoms with Gasteiger partial charge in [-0.3, -0.25) is 0 Å². The zero-order valence-electron chi connectivity index (χ0n) is 14.5. The van der Waals surface area contributed by atoms with Gasteiger partial charge >= 0.3 is 6.03 Å². The van der Waals surface area contributed by atoms with E-state index in [-0.39, 0.29) is 12.8 Å². The number of urea groups is 1. The van der Waals surface area contributed by atoms with E-state index in [2.05, 4.69) is 5.32 Å². The molecule has 1 heterocycles. The van der Waals surface area contributed by atoms with Gasteiger partial charge in [0.05, 0.1) is 7.11 Å². The van der Waals surface area contributed by atoms with Gasteiger partial charge in [0.25, 0.3) is 0 Å². The summed E-state index contributed by atoms with van der Waals surface area (Å²) in [6, 6.07) is 13.3. The van der Waals surface area contributed by atoms with Gasteiger partial charge in [0.1, 0.15) is 5.75 Å². The molecule has 1 aliphatic heterocycles. The molecule has 0 fully saturated rings. The van der Waals surface area contributed by atoms with E-state index in [0.29, 0.717) is 19.6 Å². The van der Waals surface area contributed by atoms with Crippen molar-refractivity contribution >= 4 is 6.03 Å². The molecular formula is C19H22N2O4. The second-order valence-corrected chi connectivity index (χ2v) is 5.67. The van der Waals surface area contributed by atoms with Crippen LogP contribution in [0.2, 0.25) is 0 Å². The van der Waals surface area contributed by atoms with Gasteiger partial charge < -0.3 is 24.4 Å². The Balaban J connectivity index is 1.61. The fourth-order valence-electron chi connectivity index (χ4n) is 2.72. The first-order chi connectivity index (χ1) is 12.2. The molecule has 1 N–H and O–H groups in total. The number of carbonyl (C=O) groups is 1. The highest BCUT2D eigenvalue weighted by atomic mass is 16.7. The average Bonchev–Trinajstić information content (AvgIpc) is 3.12. The summed E-state index contributed by atoms with van der Waals surface area (Å²) < 4.78 is 16.0. The molecule has 0 atom stereocenters. The van der Waals surface area contributed by atoms with Crippen LogP contribution in [-0.4, -0.2) is 31.4 Å². The molecule has 0 saturated carbocycles. The second kappa shape index (κ2) is 7.79. The zero-order chi connectivity index (χ0) is 17.6. The SMILES string of the molecule is CCN(Cc1ccc2c(c1)OCO2)C(=O)NCc1ccccc1OC. The van der Waals surface area contributed by atoms with E-state index < -0.39 is 0 Å². The molecule has 2 amide bonds. The van der Waals surface area contributed by atoms with E-state index in [4.69, 9.17) is 14.2 Å². The minimum Gasteiger partial charge on any atom is -0.496 e. The van der Waals surface area contributed by atoms with E-state index in [1.54, 1.807) is 12.0 Å². The lowest BCUT2D eigenvalue weighted by Crippen LogP contribution is -2.39. The van der Waals surface area contributed by atoms with Crippen molar-refractivity contribution in [3.05, 3.63) is 53.6 Å². The van der Waals surface area contributed by atoms with Crippen LogP contribution >= 0.6 is 0 Å². The van der Waals surface area contributed by atoms with Crippen LogP contribution in [-0.2, 0) is 13.1 Å². The highest BCUT2D eigenvalue weighted by Gasteiger charge is 2.16. The summed E-state index contributed by atoms with van der Waals surface area (Å²) in [6.45, 7) is 3.73. The van der Waals surface area contributed by atoms with Gasteiger partial charge in [-0.1, -0.05) is 24.3 Å². The Labute approximate surface area is 147 Å². The highest BCUT2D eigenvalue weighted by molar-refractivity contribution is 5.74. The number of amides is 2. The topological polar surface area (TPSA) is 60.0 Å². The summed E-state index contributed by atoms with van der Waals surface area (Å²) >= 11 is 0. The minimum atomic E-state index is -0.119. The first kappa shape index (κ1) is 17.0. The summed E-state index contributed by atoms with van der Waals surface area (Å²) in [5, 5.41) is 2.95. The van der Waals surface area contributed by atoms with E-state index in [0.717, 1.165) is 28.4 Å². The van der Waals surface area contributed by atoms with Gasteiger partial charge in [-0.15, -0.1) is 0 Å². The Bertz CT molecular complexity index is 748. The smallest absolute Gasteiger partial charge is 0.317 e. The van der Waals surface area contributed by atoms with Crippen LogP contribution < -0.4 is 19.5 Å². The molecule has 25 heavy (non-hydrogen) atoms. The molecule has 1 aliphatic rings. The monoisotopic (exact) mass is 342 g/mol. The van der Waals surface area contributed by atoms with Crippen LogP contribution in [0.4, 0.5) is 4.79 Å². The summed E-state index contributed by atoms with van der Waals surface area (Å²) in [4.78, 5) is 14.2. The van der Waals surface area contributed by atoms with Crippen molar-refractivity contribution in [2.24, 2.45) is 0 Å². The number of fused-ring (bicyclic) bond motifs is 1. The van der Waals surface area contributed by atoms with Crippen molar-refractivity contribution in [3.63, 3.8) is 0 Å². The third kappa shape index (κ3) is 3.96. The maximum Gasteiger partial charge on any atom is 0.317 e.